The zero-order valence-corrected chi connectivity index (χ0v) is 17.0. The summed E-state index contributed by atoms with van der Waals surface area (Å²) in [7, 11) is 0. The van der Waals surface area contributed by atoms with E-state index in [4.69, 9.17) is 9.15 Å². The van der Waals surface area contributed by atoms with Crippen molar-refractivity contribution in [2.24, 2.45) is 0 Å². The molecule has 0 saturated carbocycles. The second-order valence-electron chi connectivity index (χ2n) is 6.91. The highest BCUT2D eigenvalue weighted by molar-refractivity contribution is 5.93. The number of carbonyl (C=O) groups excluding carboxylic acids is 2. The second-order valence-corrected chi connectivity index (χ2v) is 6.91. The van der Waals surface area contributed by atoms with E-state index in [-0.39, 0.29) is 6.42 Å². The highest BCUT2D eigenvalue weighted by Gasteiger charge is 2.21. The summed E-state index contributed by atoms with van der Waals surface area (Å²) in [5, 5.41) is 12.3. The lowest BCUT2D eigenvalue weighted by atomic mass is 10.1. The summed E-state index contributed by atoms with van der Waals surface area (Å²) in [5.74, 6) is 0.111. The topological polar surface area (TPSA) is 97.3 Å². The quantitative estimate of drug-likeness (QED) is 0.576. The fraction of sp³-hybridized carbons (Fsp3) is 0.261. The van der Waals surface area contributed by atoms with Gasteiger partial charge in [-0.3, -0.25) is 9.59 Å². The van der Waals surface area contributed by atoms with E-state index in [1.54, 1.807) is 12.3 Å². The number of nitrogens with zero attached hydrogens (tertiary/aromatic N) is 2. The Labute approximate surface area is 174 Å². The van der Waals surface area contributed by atoms with Crippen molar-refractivity contribution in [3.8, 4) is 6.07 Å². The minimum Gasteiger partial charge on any atom is -0.467 e. The highest BCUT2D eigenvalue weighted by atomic mass is 16.5. The molecule has 0 fully saturated rings. The predicted octanol–water partition coefficient (Wildman–Crippen LogP) is 3.73. The molecule has 3 rings (SSSR count). The molecule has 30 heavy (non-hydrogen) atoms. The van der Waals surface area contributed by atoms with E-state index < -0.39 is 18.5 Å². The Bertz CT molecular complexity index is 1060. The van der Waals surface area contributed by atoms with E-state index in [9.17, 15) is 14.9 Å². The number of ether oxygens (including phenoxy) is 1. The van der Waals surface area contributed by atoms with Crippen LogP contribution in [0.25, 0.3) is 0 Å². The molecule has 2 heterocycles. The van der Waals surface area contributed by atoms with Crippen molar-refractivity contribution in [1.29, 1.82) is 5.26 Å². The van der Waals surface area contributed by atoms with E-state index in [0.717, 1.165) is 16.8 Å². The van der Waals surface area contributed by atoms with Crippen molar-refractivity contribution in [2.45, 2.75) is 33.2 Å². The van der Waals surface area contributed by atoms with Crippen LogP contribution in [0, 0.1) is 25.2 Å². The van der Waals surface area contributed by atoms with Crippen LogP contribution in [0.4, 0.5) is 5.82 Å². The minimum atomic E-state index is -0.502. The van der Waals surface area contributed by atoms with Crippen LogP contribution < -0.4 is 5.32 Å². The average Bonchev–Trinajstić information content (AvgIpc) is 3.34. The number of anilines is 1. The lowest BCUT2D eigenvalue weighted by Gasteiger charge is -2.12. The average molecular weight is 405 g/mol. The number of esters is 1. The number of amides is 1. The maximum atomic E-state index is 12.4. The van der Waals surface area contributed by atoms with Gasteiger partial charge in [-0.1, -0.05) is 30.3 Å². The van der Waals surface area contributed by atoms with Crippen LogP contribution >= 0.6 is 0 Å². The Hall–Kier alpha value is -3.79. The van der Waals surface area contributed by atoms with E-state index >= 15 is 0 Å². The van der Waals surface area contributed by atoms with Gasteiger partial charge in [-0.25, -0.2) is 0 Å². The summed E-state index contributed by atoms with van der Waals surface area (Å²) in [5.41, 5.74) is 3.03. The van der Waals surface area contributed by atoms with Gasteiger partial charge in [0.25, 0.3) is 5.91 Å². The molecule has 0 atom stereocenters. The summed E-state index contributed by atoms with van der Waals surface area (Å²) in [4.78, 5) is 24.4. The summed E-state index contributed by atoms with van der Waals surface area (Å²) in [6.07, 6.45) is 2.30. The van der Waals surface area contributed by atoms with E-state index in [1.807, 2.05) is 54.8 Å². The SMILES string of the molecule is Cc1c(C#N)c(NC(=O)COC(=O)CCc2ccccc2)n(Cc2ccco2)c1C. The molecule has 0 spiro atoms. The van der Waals surface area contributed by atoms with Crippen molar-refractivity contribution < 1.29 is 18.7 Å². The Kier molecular flexibility index (Phi) is 6.71. The first-order chi connectivity index (χ1) is 14.5. The van der Waals surface area contributed by atoms with Crippen molar-refractivity contribution >= 4 is 17.7 Å². The number of hydrogen-bond acceptors (Lipinski definition) is 5. The van der Waals surface area contributed by atoms with Gasteiger partial charge in [0, 0.05) is 12.1 Å². The third-order valence-electron chi connectivity index (χ3n) is 4.92. The Morgan fingerprint density at radius 3 is 2.60 bits per heavy atom. The number of rotatable bonds is 8. The molecule has 0 aliphatic carbocycles. The third-order valence-corrected chi connectivity index (χ3v) is 4.92. The summed E-state index contributed by atoms with van der Waals surface area (Å²) < 4.78 is 12.3. The molecule has 2 aromatic heterocycles. The van der Waals surface area contributed by atoms with Gasteiger partial charge in [0.1, 0.15) is 17.6 Å². The molecule has 1 amide bonds. The largest absolute Gasteiger partial charge is 0.467 e. The normalized spacial score (nSPS) is 10.4. The van der Waals surface area contributed by atoms with Gasteiger partial charge < -0.3 is 19.0 Å². The number of aryl methyl sites for hydroxylation is 1. The number of nitrogens with one attached hydrogen (secondary N) is 1. The predicted molar refractivity (Wildman–Crippen MR) is 111 cm³/mol. The van der Waals surface area contributed by atoms with Gasteiger partial charge >= 0.3 is 5.97 Å². The zero-order valence-electron chi connectivity index (χ0n) is 17.0. The lowest BCUT2D eigenvalue weighted by Crippen LogP contribution is -2.23. The van der Waals surface area contributed by atoms with Gasteiger partial charge in [0.05, 0.1) is 18.4 Å². The first kappa shape index (κ1) is 20.9. The van der Waals surface area contributed by atoms with Crippen LogP contribution in [-0.4, -0.2) is 23.1 Å². The van der Waals surface area contributed by atoms with Gasteiger partial charge in [-0.2, -0.15) is 5.26 Å². The lowest BCUT2D eigenvalue weighted by molar-refractivity contribution is -0.147. The first-order valence-corrected chi connectivity index (χ1v) is 9.61. The second kappa shape index (κ2) is 9.61. The van der Waals surface area contributed by atoms with Crippen LogP contribution in [0.5, 0.6) is 0 Å². The Balaban J connectivity index is 1.62. The van der Waals surface area contributed by atoms with Gasteiger partial charge in [0.2, 0.25) is 0 Å². The van der Waals surface area contributed by atoms with Crippen LogP contribution in [0.3, 0.4) is 0 Å². The molecule has 154 valence electrons. The molecular weight excluding hydrogens is 382 g/mol. The number of hydrogen-bond donors (Lipinski definition) is 1. The van der Waals surface area contributed by atoms with Crippen molar-refractivity contribution in [1.82, 2.24) is 4.57 Å². The molecule has 0 unspecified atom stereocenters. The van der Waals surface area contributed by atoms with Gasteiger partial charge in [0.15, 0.2) is 6.61 Å². The van der Waals surface area contributed by atoms with Gasteiger partial charge in [-0.15, -0.1) is 0 Å². The molecule has 0 aliphatic heterocycles. The number of carbonyl (C=O) groups is 2. The summed E-state index contributed by atoms with van der Waals surface area (Å²) in [6.45, 7) is 3.65. The zero-order chi connectivity index (χ0) is 21.5. The van der Waals surface area contributed by atoms with E-state index in [2.05, 4.69) is 11.4 Å². The van der Waals surface area contributed by atoms with E-state index in [0.29, 0.717) is 30.1 Å². The number of aromatic nitrogens is 1. The summed E-state index contributed by atoms with van der Waals surface area (Å²) in [6, 6.07) is 15.3. The fourth-order valence-electron chi connectivity index (χ4n) is 3.16. The molecule has 1 aromatic carbocycles. The van der Waals surface area contributed by atoms with Crippen LogP contribution in [-0.2, 0) is 27.3 Å². The smallest absolute Gasteiger partial charge is 0.306 e. The molecule has 1 N–H and O–H groups in total. The first-order valence-electron chi connectivity index (χ1n) is 9.61. The molecule has 0 saturated heterocycles. The molecule has 0 radical (unpaired) electrons. The van der Waals surface area contributed by atoms with Crippen LogP contribution in [0.1, 0.15) is 34.6 Å². The van der Waals surface area contributed by atoms with Crippen LogP contribution in [0.2, 0.25) is 0 Å². The highest BCUT2D eigenvalue weighted by Crippen LogP contribution is 2.27. The molecule has 3 aromatic rings. The van der Waals surface area contributed by atoms with Gasteiger partial charge in [-0.05, 0) is 43.5 Å². The molecule has 7 nitrogen and oxygen atoms in total. The molecule has 0 aliphatic rings. The number of benzene rings is 1. The molecular formula is C23H23N3O4. The maximum absolute atomic E-state index is 12.4. The summed E-state index contributed by atoms with van der Waals surface area (Å²) >= 11 is 0. The van der Waals surface area contributed by atoms with Crippen molar-refractivity contribution in [3.63, 3.8) is 0 Å². The Morgan fingerprint density at radius 2 is 1.93 bits per heavy atom. The van der Waals surface area contributed by atoms with Crippen molar-refractivity contribution in [3.05, 3.63) is 76.9 Å². The number of nitriles is 1. The number of furan rings is 1. The fourth-order valence-corrected chi connectivity index (χ4v) is 3.16. The minimum absolute atomic E-state index is 0.188. The standard InChI is InChI=1S/C23H23N3O4/c1-16-17(2)26(14-19-9-6-12-29-19)23(20(16)13-24)25-21(27)15-30-22(28)11-10-18-7-4-3-5-8-18/h3-9,12H,10-11,14-15H2,1-2H3,(H,25,27). The Morgan fingerprint density at radius 1 is 1.17 bits per heavy atom. The van der Waals surface area contributed by atoms with Crippen LogP contribution in [0.15, 0.2) is 53.1 Å². The molecule has 0 bridgehead atoms. The van der Waals surface area contributed by atoms with Crippen molar-refractivity contribution in [2.75, 3.05) is 11.9 Å². The third kappa shape index (κ3) is 4.97. The molecule has 7 heteroatoms. The van der Waals surface area contributed by atoms with E-state index in [1.165, 1.54) is 0 Å². The monoisotopic (exact) mass is 405 g/mol. The maximum Gasteiger partial charge on any atom is 0.306 e.